The van der Waals surface area contributed by atoms with Gasteiger partial charge >= 0.3 is 11.9 Å². The number of unbranched alkanes of at least 4 members (excludes halogenated alkanes) is 20. The van der Waals surface area contributed by atoms with Crippen molar-refractivity contribution < 1.29 is 81.0 Å². The van der Waals surface area contributed by atoms with E-state index in [2.05, 4.69) is 13.8 Å². The lowest BCUT2D eigenvalue weighted by Crippen LogP contribution is -2.30. The van der Waals surface area contributed by atoms with Crippen LogP contribution in [-0.4, -0.2) is 195 Å². The average molecular weight is 1040 g/mol. The number of aliphatic hydroxyl groups is 1. The maximum Gasteiger partial charge on any atom is 0.306 e. The number of hydrogen-bond donors (Lipinski definition) is 1. The van der Waals surface area contributed by atoms with Crippen LogP contribution in [0.2, 0.25) is 0 Å². The van der Waals surface area contributed by atoms with E-state index in [4.69, 9.17) is 71.4 Å². The Kier molecular flexibility index (Phi) is 62.3. The fourth-order valence-corrected chi connectivity index (χ4v) is 7.18. The van der Waals surface area contributed by atoms with E-state index in [1.165, 1.54) is 103 Å². The molecule has 0 rings (SSSR count). The zero-order chi connectivity index (χ0) is 52.0. The highest BCUT2D eigenvalue weighted by atomic mass is 16.6. The fourth-order valence-electron chi connectivity index (χ4n) is 7.18. The molecule has 17 nitrogen and oxygen atoms in total. The molecule has 1 unspecified atom stereocenters. The molecule has 1 N–H and O–H groups in total. The maximum atomic E-state index is 12.7. The van der Waals surface area contributed by atoms with Gasteiger partial charge < -0.3 is 71.4 Å². The third kappa shape index (κ3) is 61.0. The van der Waals surface area contributed by atoms with E-state index in [1.807, 2.05) is 0 Å². The van der Waals surface area contributed by atoms with Crippen LogP contribution in [0.5, 0.6) is 0 Å². The summed E-state index contributed by atoms with van der Waals surface area (Å²) in [5, 5.41) is 8.62. The van der Waals surface area contributed by atoms with Crippen molar-refractivity contribution in [2.45, 2.75) is 174 Å². The largest absolute Gasteiger partial charge is 0.462 e. The first kappa shape index (κ1) is 70.4. The maximum absolute atomic E-state index is 12.7. The van der Waals surface area contributed by atoms with E-state index in [1.54, 1.807) is 0 Å². The highest BCUT2D eigenvalue weighted by Gasteiger charge is 2.18. The molecule has 0 aliphatic rings. The molecule has 430 valence electrons. The van der Waals surface area contributed by atoms with Gasteiger partial charge in [-0.15, -0.1) is 0 Å². The van der Waals surface area contributed by atoms with Gasteiger partial charge in [-0.05, 0) is 12.8 Å². The molecule has 0 aliphatic heterocycles. The highest BCUT2D eigenvalue weighted by Crippen LogP contribution is 2.14. The molecule has 1 atom stereocenters. The van der Waals surface area contributed by atoms with Crippen molar-refractivity contribution in [2.24, 2.45) is 0 Å². The Hall–Kier alpha value is -1.58. The summed E-state index contributed by atoms with van der Waals surface area (Å²) in [5.74, 6) is -0.529. The Bertz CT molecular complexity index is 1040. The summed E-state index contributed by atoms with van der Waals surface area (Å²) in [6, 6.07) is 0. The molecule has 0 saturated carbocycles. The molecule has 0 heterocycles. The smallest absolute Gasteiger partial charge is 0.306 e. The van der Waals surface area contributed by atoms with Crippen molar-refractivity contribution in [1.29, 1.82) is 0 Å². The van der Waals surface area contributed by atoms with Gasteiger partial charge in [0.05, 0.1) is 165 Å². The lowest BCUT2D eigenvalue weighted by Gasteiger charge is -2.18. The van der Waals surface area contributed by atoms with Crippen LogP contribution in [-0.2, 0) is 75.9 Å². The second-order valence-electron chi connectivity index (χ2n) is 17.9. The van der Waals surface area contributed by atoms with E-state index in [-0.39, 0.29) is 31.8 Å². The van der Waals surface area contributed by atoms with Gasteiger partial charge in [0.15, 0.2) is 6.10 Å². The molecule has 0 spiro atoms. The second-order valence-corrected chi connectivity index (χ2v) is 17.9. The summed E-state index contributed by atoms with van der Waals surface area (Å²) in [6.45, 7) is 15.1. The van der Waals surface area contributed by atoms with Crippen molar-refractivity contribution >= 4 is 11.9 Å². The minimum absolute atomic E-state index is 0.00590. The number of carbonyl (C=O) groups is 2. The Morgan fingerprint density at radius 2 is 0.528 bits per heavy atom. The molecule has 0 radical (unpaired) electrons. The van der Waals surface area contributed by atoms with Gasteiger partial charge in [0.25, 0.3) is 0 Å². The van der Waals surface area contributed by atoms with E-state index < -0.39 is 6.10 Å². The summed E-state index contributed by atoms with van der Waals surface area (Å²) in [6.07, 6.45) is 26.9. The molecule has 0 aliphatic carbocycles. The Labute approximate surface area is 437 Å². The third-order valence-corrected chi connectivity index (χ3v) is 11.3. The highest BCUT2D eigenvalue weighted by molar-refractivity contribution is 5.70. The fraction of sp³-hybridized carbons (Fsp3) is 0.964. The lowest BCUT2D eigenvalue weighted by molar-refractivity contribution is -0.163. The standard InChI is InChI=1S/C55H108O17/c1-3-5-7-9-11-13-15-17-19-21-23-25-54(57)71-52-53(72-55(58)26-24-22-20-18-16-14-12-10-8-6-4-2)51-70-50-49-69-48-47-68-46-45-67-44-43-66-42-41-65-40-39-64-38-37-63-36-35-62-34-33-61-32-31-60-30-29-59-28-27-56/h53,56H,3-52H2,1-2H3. The van der Waals surface area contributed by atoms with E-state index in [0.29, 0.717) is 165 Å². The molecule has 72 heavy (non-hydrogen) atoms. The van der Waals surface area contributed by atoms with Gasteiger partial charge in [-0.1, -0.05) is 142 Å². The molecule has 0 amide bonds. The minimum Gasteiger partial charge on any atom is -0.462 e. The second kappa shape index (κ2) is 63.7. The average Bonchev–Trinajstić information content (AvgIpc) is 3.38. The molecule has 0 aromatic rings. The normalized spacial score (nSPS) is 12.0. The number of rotatable bonds is 64. The van der Waals surface area contributed by atoms with Crippen LogP contribution in [0.1, 0.15) is 168 Å². The summed E-state index contributed by atoms with van der Waals surface area (Å²) in [5.41, 5.74) is 0. The topological polar surface area (TPSA) is 184 Å². The summed E-state index contributed by atoms with van der Waals surface area (Å²) >= 11 is 0. The van der Waals surface area contributed by atoms with Crippen LogP contribution in [0.3, 0.4) is 0 Å². The van der Waals surface area contributed by atoms with Crippen LogP contribution in [0, 0.1) is 0 Å². The Morgan fingerprint density at radius 1 is 0.292 bits per heavy atom. The van der Waals surface area contributed by atoms with Crippen molar-refractivity contribution in [3.05, 3.63) is 0 Å². The summed E-state index contributed by atoms with van der Waals surface area (Å²) in [4.78, 5) is 25.3. The number of carbonyl (C=O) groups excluding carboxylic acids is 2. The van der Waals surface area contributed by atoms with Gasteiger partial charge in [-0.3, -0.25) is 9.59 Å². The van der Waals surface area contributed by atoms with Gasteiger partial charge in [0.1, 0.15) is 6.61 Å². The van der Waals surface area contributed by atoms with Crippen LogP contribution >= 0.6 is 0 Å². The zero-order valence-electron chi connectivity index (χ0n) is 45.9. The molecule has 0 fully saturated rings. The first-order valence-electron chi connectivity index (χ1n) is 28.5. The molecule has 0 aromatic carbocycles. The summed E-state index contributed by atoms with van der Waals surface area (Å²) in [7, 11) is 0. The van der Waals surface area contributed by atoms with E-state index in [9.17, 15) is 9.59 Å². The van der Waals surface area contributed by atoms with Gasteiger partial charge in [-0.25, -0.2) is 0 Å². The first-order chi connectivity index (χ1) is 35.6. The Morgan fingerprint density at radius 3 is 0.806 bits per heavy atom. The lowest BCUT2D eigenvalue weighted by atomic mass is 10.1. The SMILES string of the molecule is CCCCCCCCCCCCCC(=O)OCC(COCCOCCOCCOCCOCCOCCOCCOCCOCCOCCOCCOCCO)OC(=O)CCCCCCCCCCCCC. The van der Waals surface area contributed by atoms with Crippen LogP contribution in [0.15, 0.2) is 0 Å². The van der Waals surface area contributed by atoms with E-state index in [0.717, 1.165) is 38.5 Å². The summed E-state index contributed by atoms with van der Waals surface area (Å²) < 4.78 is 77.3. The van der Waals surface area contributed by atoms with Crippen molar-refractivity contribution in [3.63, 3.8) is 0 Å². The van der Waals surface area contributed by atoms with Crippen LogP contribution in [0.4, 0.5) is 0 Å². The number of aliphatic hydroxyl groups excluding tert-OH is 1. The van der Waals surface area contributed by atoms with Crippen molar-refractivity contribution in [1.82, 2.24) is 0 Å². The van der Waals surface area contributed by atoms with Crippen molar-refractivity contribution in [3.8, 4) is 0 Å². The Balaban J connectivity index is 3.84. The first-order valence-corrected chi connectivity index (χ1v) is 28.5. The number of ether oxygens (including phenoxy) is 14. The van der Waals surface area contributed by atoms with Crippen LogP contribution < -0.4 is 0 Å². The van der Waals surface area contributed by atoms with Crippen LogP contribution in [0.25, 0.3) is 0 Å². The zero-order valence-corrected chi connectivity index (χ0v) is 45.9. The van der Waals surface area contributed by atoms with Gasteiger partial charge in [-0.2, -0.15) is 0 Å². The predicted octanol–water partition coefficient (Wildman–Crippen LogP) is 9.04. The third-order valence-electron chi connectivity index (χ3n) is 11.3. The molecular formula is C55H108O17. The van der Waals surface area contributed by atoms with E-state index >= 15 is 0 Å². The van der Waals surface area contributed by atoms with Crippen molar-refractivity contribution in [2.75, 3.05) is 172 Å². The predicted molar refractivity (Wildman–Crippen MR) is 280 cm³/mol. The minimum atomic E-state index is -0.652. The molecular weight excluding hydrogens is 933 g/mol. The molecule has 17 heteroatoms. The monoisotopic (exact) mass is 1040 g/mol. The molecule has 0 aromatic heterocycles. The molecule has 0 saturated heterocycles. The number of esters is 2. The molecule has 0 bridgehead atoms. The quantitative estimate of drug-likeness (QED) is 0.0449. The number of hydrogen-bond acceptors (Lipinski definition) is 17. The van der Waals surface area contributed by atoms with Gasteiger partial charge in [0, 0.05) is 12.8 Å². The van der Waals surface area contributed by atoms with Gasteiger partial charge in [0.2, 0.25) is 0 Å².